The zero-order chi connectivity index (χ0) is 13.1. The van der Waals surface area contributed by atoms with Crippen LogP contribution in [0.15, 0.2) is 18.2 Å². The van der Waals surface area contributed by atoms with E-state index in [0.29, 0.717) is 18.8 Å². The van der Waals surface area contributed by atoms with E-state index in [2.05, 4.69) is 4.98 Å². The number of anilines is 1. The summed E-state index contributed by atoms with van der Waals surface area (Å²) in [5.74, 6) is 0. The second kappa shape index (κ2) is 6.45. The van der Waals surface area contributed by atoms with Crippen molar-refractivity contribution in [3.8, 4) is 0 Å². The molecule has 0 radical (unpaired) electrons. The molecule has 0 aromatic heterocycles. The van der Waals surface area contributed by atoms with Crippen molar-refractivity contribution < 1.29 is 25.6 Å². The molecule has 0 spiro atoms. The predicted molar refractivity (Wildman–Crippen MR) is 59.7 cm³/mol. The average Bonchev–Trinajstić information content (AvgIpc) is 2.29. The minimum absolute atomic E-state index is 0. The molecule has 0 aliphatic rings. The highest BCUT2D eigenvalue weighted by Gasteiger charge is 2.39. The molecule has 0 aliphatic carbocycles. The summed E-state index contributed by atoms with van der Waals surface area (Å²) in [6.07, 6.45) is -4.52. The number of halogens is 4. The first-order chi connectivity index (χ1) is 7.93. The molecule has 0 heterocycles. The summed E-state index contributed by atoms with van der Waals surface area (Å²) >= 11 is 0. The van der Waals surface area contributed by atoms with Crippen molar-refractivity contribution in [1.82, 2.24) is 0 Å². The smallest absolute Gasteiger partial charge is 0.424 e. The maximum atomic E-state index is 12.7. The second-order valence-electron chi connectivity index (χ2n) is 3.47. The summed E-state index contributed by atoms with van der Waals surface area (Å²) in [6, 6.07) is 3.68. The Bertz CT molecular complexity index is 436. The van der Waals surface area contributed by atoms with Gasteiger partial charge < -0.3 is 17.3 Å². The fourth-order valence-electron chi connectivity index (χ4n) is 1.62. The SMILES string of the molecule is CCN(CC)c1ccc([N+]#N)c(C(F)(F)F)c1.[Cl-]. The van der Waals surface area contributed by atoms with Crippen LogP contribution in [0.3, 0.4) is 0 Å². The molecule has 0 aliphatic heterocycles. The van der Waals surface area contributed by atoms with Gasteiger partial charge in [0.15, 0.2) is 10.5 Å². The molecule has 0 fully saturated rings. The third kappa shape index (κ3) is 3.50. The predicted octanol–water partition coefficient (Wildman–Crippen LogP) is 1.04. The Kier molecular flexibility index (Phi) is 5.92. The van der Waals surface area contributed by atoms with Crippen LogP contribution >= 0.6 is 0 Å². The topological polar surface area (TPSA) is 31.4 Å². The summed E-state index contributed by atoms with van der Waals surface area (Å²) in [7, 11) is 0. The Morgan fingerprint density at radius 3 is 2.17 bits per heavy atom. The zero-order valence-electron chi connectivity index (χ0n) is 10.00. The van der Waals surface area contributed by atoms with E-state index >= 15 is 0 Å². The molecule has 0 bridgehead atoms. The van der Waals surface area contributed by atoms with Crippen molar-refractivity contribution in [2.45, 2.75) is 20.0 Å². The van der Waals surface area contributed by atoms with Gasteiger partial charge in [-0.15, -0.1) is 0 Å². The molecule has 0 saturated carbocycles. The number of hydrogen-bond acceptors (Lipinski definition) is 2. The van der Waals surface area contributed by atoms with Gasteiger partial charge in [-0.2, -0.15) is 13.2 Å². The number of nitrogens with zero attached hydrogens (tertiary/aromatic N) is 3. The fraction of sp³-hybridized carbons (Fsp3) is 0.455. The van der Waals surface area contributed by atoms with Crippen LogP contribution in [0, 0.1) is 5.39 Å². The molecular weight excluding hydrogens is 267 g/mol. The Labute approximate surface area is 110 Å². The van der Waals surface area contributed by atoms with E-state index in [0.717, 1.165) is 12.1 Å². The monoisotopic (exact) mass is 279 g/mol. The van der Waals surface area contributed by atoms with Crippen LogP contribution in [0.1, 0.15) is 19.4 Å². The van der Waals surface area contributed by atoms with Gasteiger partial charge in [-0.3, -0.25) is 0 Å². The highest BCUT2D eigenvalue weighted by atomic mass is 35.5. The first kappa shape index (κ1) is 16.5. The van der Waals surface area contributed by atoms with E-state index in [-0.39, 0.29) is 12.4 Å². The van der Waals surface area contributed by atoms with Gasteiger partial charge in [-0.05, 0) is 26.0 Å². The lowest BCUT2D eigenvalue weighted by Gasteiger charge is -2.21. The van der Waals surface area contributed by atoms with Crippen LogP contribution < -0.4 is 17.3 Å². The van der Waals surface area contributed by atoms with Crippen LogP contribution in [0.25, 0.3) is 4.98 Å². The highest BCUT2D eigenvalue weighted by molar-refractivity contribution is 5.62. The summed E-state index contributed by atoms with van der Waals surface area (Å²) in [5, 5.41) is 8.54. The highest BCUT2D eigenvalue weighted by Crippen LogP contribution is 2.38. The van der Waals surface area contributed by atoms with Gasteiger partial charge in [-0.1, -0.05) is 0 Å². The molecule has 7 heteroatoms. The van der Waals surface area contributed by atoms with Gasteiger partial charge in [0.25, 0.3) is 0 Å². The third-order valence-electron chi connectivity index (χ3n) is 2.52. The molecule has 18 heavy (non-hydrogen) atoms. The lowest BCUT2D eigenvalue weighted by Crippen LogP contribution is -3.00. The fourth-order valence-corrected chi connectivity index (χ4v) is 1.62. The van der Waals surface area contributed by atoms with Crippen LogP contribution in [-0.4, -0.2) is 13.1 Å². The lowest BCUT2D eigenvalue weighted by molar-refractivity contribution is -0.136. The minimum atomic E-state index is -4.52. The van der Waals surface area contributed by atoms with E-state index in [1.54, 1.807) is 4.90 Å². The lowest BCUT2D eigenvalue weighted by atomic mass is 10.1. The van der Waals surface area contributed by atoms with Gasteiger partial charge in [0.2, 0.25) is 5.39 Å². The molecule has 0 atom stereocenters. The number of diazo groups is 1. The van der Waals surface area contributed by atoms with Crippen LogP contribution in [0.4, 0.5) is 24.5 Å². The standard InChI is InChI=1S/C11H13F3N3.ClH/c1-3-17(4-2)8-5-6-10(16-15)9(7-8)11(12,13)14;/h5-7H,3-4H2,1-2H3;1H/q+1;/p-1. The van der Waals surface area contributed by atoms with Crippen molar-refractivity contribution in [2.75, 3.05) is 18.0 Å². The maximum absolute atomic E-state index is 12.7. The summed E-state index contributed by atoms with van der Waals surface area (Å²) in [4.78, 5) is 4.44. The van der Waals surface area contributed by atoms with Crippen LogP contribution in [-0.2, 0) is 6.18 Å². The van der Waals surface area contributed by atoms with E-state index in [4.69, 9.17) is 5.39 Å². The molecule has 0 saturated heterocycles. The summed E-state index contributed by atoms with van der Waals surface area (Å²) in [5.41, 5.74) is -0.924. The Morgan fingerprint density at radius 1 is 1.22 bits per heavy atom. The van der Waals surface area contributed by atoms with Crippen molar-refractivity contribution in [1.29, 1.82) is 5.39 Å². The Morgan fingerprint density at radius 2 is 1.78 bits per heavy atom. The maximum Gasteiger partial charge on any atom is 0.424 e. The summed E-state index contributed by atoms with van der Waals surface area (Å²) < 4.78 is 38.1. The van der Waals surface area contributed by atoms with Crippen molar-refractivity contribution >= 4 is 11.4 Å². The van der Waals surface area contributed by atoms with Gasteiger partial charge >= 0.3 is 11.9 Å². The number of alkyl halides is 3. The average molecular weight is 280 g/mol. The van der Waals surface area contributed by atoms with Crippen LogP contribution in [0.2, 0.25) is 0 Å². The van der Waals surface area contributed by atoms with E-state index in [1.165, 1.54) is 6.07 Å². The molecule has 1 aromatic carbocycles. The van der Waals surface area contributed by atoms with E-state index in [9.17, 15) is 13.2 Å². The van der Waals surface area contributed by atoms with Crippen LogP contribution in [0.5, 0.6) is 0 Å². The minimum Gasteiger partial charge on any atom is -1.00 e. The largest absolute Gasteiger partial charge is 1.00 e. The molecule has 1 rings (SSSR count). The van der Waals surface area contributed by atoms with Crippen molar-refractivity contribution in [2.24, 2.45) is 0 Å². The Hall–Kier alpha value is -1.48. The van der Waals surface area contributed by atoms with Gasteiger partial charge in [0, 0.05) is 24.8 Å². The third-order valence-corrected chi connectivity index (χ3v) is 2.52. The van der Waals surface area contributed by atoms with Gasteiger partial charge in [0.05, 0.1) is 0 Å². The molecule has 1 aromatic rings. The first-order valence-corrected chi connectivity index (χ1v) is 5.25. The van der Waals surface area contributed by atoms with Crippen molar-refractivity contribution in [3.63, 3.8) is 0 Å². The molecule has 3 nitrogen and oxygen atoms in total. The van der Waals surface area contributed by atoms with Gasteiger partial charge in [0.1, 0.15) is 0 Å². The quantitative estimate of drug-likeness (QED) is 0.774. The van der Waals surface area contributed by atoms with E-state index < -0.39 is 17.4 Å². The zero-order valence-corrected chi connectivity index (χ0v) is 10.8. The number of rotatable bonds is 3. The normalized spacial score (nSPS) is 10.4. The Balaban J connectivity index is 0.00000289. The van der Waals surface area contributed by atoms with Crippen molar-refractivity contribution in [3.05, 3.63) is 28.7 Å². The van der Waals surface area contributed by atoms with Gasteiger partial charge in [-0.25, -0.2) is 0 Å². The molecule has 100 valence electrons. The second-order valence-corrected chi connectivity index (χ2v) is 3.47. The van der Waals surface area contributed by atoms with E-state index in [1.807, 2.05) is 13.8 Å². The molecular formula is C11H13ClF3N3. The number of hydrogen-bond donors (Lipinski definition) is 0. The summed E-state index contributed by atoms with van der Waals surface area (Å²) in [6.45, 7) is 4.95. The number of benzene rings is 1. The molecule has 0 amide bonds. The molecule has 0 N–H and O–H groups in total. The first-order valence-electron chi connectivity index (χ1n) is 5.25. The molecule has 0 unspecified atom stereocenters.